The molecule has 2 unspecified atom stereocenters. The Morgan fingerprint density at radius 3 is 2.67 bits per heavy atom. The highest BCUT2D eigenvalue weighted by atomic mass is 16.3. The second-order valence-corrected chi connectivity index (χ2v) is 6.50. The van der Waals surface area contributed by atoms with E-state index in [1.54, 1.807) is 0 Å². The number of benzene rings is 1. The molecule has 2 N–H and O–H groups in total. The monoisotopic (exact) mass is 289 g/mol. The summed E-state index contributed by atoms with van der Waals surface area (Å²) in [6.07, 6.45) is 2.53. The van der Waals surface area contributed by atoms with Gasteiger partial charge in [-0.1, -0.05) is 30.3 Å². The number of likely N-dealkylation sites (N-methyl/N-ethyl adjacent to an activating group) is 1. The lowest BCUT2D eigenvalue weighted by molar-refractivity contribution is 0.0707. The Kier molecular flexibility index (Phi) is 4.91. The van der Waals surface area contributed by atoms with E-state index in [1.165, 1.54) is 18.4 Å². The Morgan fingerprint density at radius 1 is 1.24 bits per heavy atom. The molecule has 1 aromatic carbocycles. The first-order valence-corrected chi connectivity index (χ1v) is 8.10. The number of nitrogens with one attached hydrogen (secondary N) is 1. The lowest BCUT2D eigenvalue weighted by Gasteiger charge is -2.41. The molecule has 3 rings (SSSR count). The molecule has 2 fully saturated rings. The molecule has 4 heteroatoms. The van der Waals surface area contributed by atoms with Crippen LogP contribution in [0.5, 0.6) is 0 Å². The Labute approximate surface area is 127 Å². The smallest absolute Gasteiger partial charge is 0.0597 e. The summed E-state index contributed by atoms with van der Waals surface area (Å²) >= 11 is 0. The van der Waals surface area contributed by atoms with Gasteiger partial charge in [-0.3, -0.25) is 4.90 Å². The van der Waals surface area contributed by atoms with Crippen LogP contribution in [0.4, 0.5) is 0 Å². The first-order chi connectivity index (χ1) is 10.3. The van der Waals surface area contributed by atoms with Gasteiger partial charge in [0, 0.05) is 44.3 Å². The molecule has 1 aliphatic heterocycles. The zero-order valence-corrected chi connectivity index (χ0v) is 12.9. The van der Waals surface area contributed by atoms with E-state index in [4.69, 9.17) is 0 Å². The van der Waals surface area contributed by atoms with Crippen LogP contribution in [-0.4, -0.2) is 66.8 Å². The van der Waals surface area contributed by atoms with Gasteiger partial charge in [-0.15, -0.1) is 0 Å². The van der Waals surface area contributed by atoms with Crippen LogP contribution >= 0.6 is 0 Å². The molecule has 0 aromatic heterocycles. The Balaban J connectivity index is 1.68. The number of hydrogen-bond acceptors (Lipinski definition) is 4. The highest BCUT2D eigenvalue weighted by Crippen LogP contribution is 2.25. The molecule has 21 heavy (non-hydrogen) atoms. The lowest BCUT2D eigenvalue weighted by atomic mass is 10.0. The molecule has 4 nitrogen and oxygen atoms in total. The predicted molar refractivity (Wildman–Crippen MR) is 85.3 cm³/mol. The average molecular weight is 289 g/mol. The van der Waals surface area contributed by atoms with Crippen LogP contribution in [0.2, 0.25) is 0 Å². The zero-order chi connectivity index (χ0) is 14.7. The van der Waals surface area contributed by atoms with E-state index < -0.39 is 0 Å². The normalized spacial score (nSPS) is 25.9. The third-order valence-electron chi connectivity index (χ3n) is 4.60. The zero-order valence-electron chi connectivity index (χ0n) is 12.9. The summed E-state index contributed by atoms with van der Waals surface area (Å²) in [4.78, 5) is 4.93. The topological polar surface area (TPSA) is 38.7 Å². The maximum absolute atomic E-state index is 9.64. The molecule has 1 aliphatic carbocycles. The van der Waals surface area contributed by atoms with Gasteiger partial charge in [-0.25, -0.2) is 0 Å². The second kappa shape index (κ2) is 6.88. The number of rotatable bonds is 6. The molecule has 0 amide bonds. The van der Waals surface area contributed by atoms with Crippen LogP contribution in [-0.2, 0) is 0 Å². The molecule has 2 atom stereocenters. The lowest BCUT2D eigenvalue weighted by Crippen LogP contribution is -2.52. The van der Waals surface area contributed by atoms with Crippen molar-refractivity contribution in [2.24, 2.45) is 0 Å². The molecule has 0 radical (unpaired) electrons. The van der Waals surface area contributed by atoms with E-state index in [0.717, 1.165) is 26.2 Å². The van der Waals surface area contributed by atoms with Crippen molar-refractivity contribution >= 4 is 0 Å². The van der Waals surface area contributed by atoms with Gasteiger partial charge >= 0.3 is 0 Å². The molecule has 2 aliphatic rings. The third-order valence-corrected chi connectivity index (χ3v) is 4.60. The van der Waals surface area contributed by atoms with Crippen LogP contribution in [0.15, 0.2) is 30.3 Å². The maximum atomic E-state index is 9.64. The fourth-order valence-corrected chi connectivity index (χ4v) is 3.20. The molecular formula is C17H27N3O. The summed E-state index contributed by atoms with van der Waals surface area (Å²) < 4.78 is 0. The number of piperazine rings is 1. The molecule has 1 saturated heterocycles. The minimum Gasteiger partial charge on any atom is -0.395 e. The van der Waals surface area contributed by atoms with Crippen molar-refractivity contribution in [1.29, 1.82) is 0 Å². The summed E-state index contributed by atoms with van der Waals surface area (Å²) in [5.41, 5.74) is 1.38. The molecule has 1 saturated carbocycles. The van der Waals surface area contributed by atoms with E-state index in [2.05, 4.69) is 52.5 Å². The summed E-state index contributed by atoms with van der Waals surface area (Å²) in [5.74, 6) is 0. The van der Waals surface area contributed by atoms with Gasteiger partial charge in [0.15, 0.2) is 0 Å². The van der Waals surface area contributed by atoms with Crippen molar-refractivity contribution in [2.75, 3.05) is 39.8 Å². The Bertz CT molecular complexity index is 435. The quantitative estimate of drug-likeness (QED) is 0.822. The van der Waals surface area contributed by atoms with Gasteiger partial charge < -0.3 is 15.3 Å². The van der Waals surface area contributed by atoms with Crippen LogP contribution in [0.1, 0.15) is 24.4 Å². The van der Waals surface area contributed by atoms with Crippen LogP contribution in [0.3, 0.4) is 0 Å². The number of nitrogens with zero attached hydrogens (tertiary/aromatic N) is 2. The third kappa shape index (κ3) is 4.04. The van der Waals surface area contributed by atoms with E-state index in [1.807, 2.05) is 0 Å². The summed E-state index contributed by atoms with van der Waals surface area (Å²) in [5, 5.41) is 13.2. The van der Waals surface area contributed by atoms with Crippen LogP contribution in [0.25, 0.3) is 0 Å². The fourth-order valence-electron chi connectivity index (χ4n) is 3.20. The highest BCUT2D eigenvalue weighted by Gasteiger charge is 2.30. The number of aliphatic hydroxyl groups excluding tert-OH is 1. The van der Waals surface area contributed by atoms with Gasteiger partial charge in [0.05, 0.1) is 6.61 Å². The maximum Gasteiger partial charge on any atom is 0.0597 e. The van der Waals surface area contributed by atoms with Gasteiger partial charge in [0.2, 0.25) is 0 Å². The van der Waals surface area contributed by atoms with Crippen molar-refractivity contribution in [3.05, 3.63) is 35.9 Å². The number of hydrogen-bond donors (Lipinski definition) is 2. The highest BCUT2D eigenvalue weighted by molar-refractivity contribution is 5.20. The summed E-state index contributed by atoms with van der Waals surface area (Å²) in [6.45, 7) is 4.39. The standard InChI is InChI=1S/C17H27N3O/c1-19-9-10-20(11-16(13-21)18-15-7-8-15)17(12-19)14-5-3-2-4-6-14/h2-6,15-18,21H,7-13H2,1H3. The molecule has 1 aromatic rings. The second-order valence-electron chi connectivity index (χ2n) is 6.50. The van der Waals surface area contributed by atoms with Crippen molar-refractivity contribution in [2.45, 2.75) is 31.0 Å². The SMILES string of the molecule is CN1CCN(CC(CO)NC2CC2)C(c2ccccc2)C1. The largest absolute Gasteiger partial charge is 0.395 e. The number of aliphatic hydroxyl groups is 1. The van der Waals surface area contributed by atoms with Crippen molar-refractivity contribution < 1.29 is 5.11 Å². The van der Waals surface area contributed by atoms with Gasteiger partial charge in [-0.05, 0) is 25.5 Å². The summed E-state index contributed by atoms with van der Waals surface area (Å²) in [6, 6.07) is 12.0. The van der Waals surface area contributed by atoms with E-state index in [9.17, 15) is 5.11 Å². The fraction of sp³-hybridized carbons (Fsp3) is 0.647. The van der Waals surface area contributed by atoms with Gasteiger partial charge in [0.25, 0.3) is 0 Å². The van der Waals surface area contributed by atoms with Crippen molar-refractivity contribution in [3.8, 4) is 0 Å². The first-order valence-electron chi connectivity index (χ1n) is 8.10. The Morgan fingerprint density at radius 2 is 2.00 bits per heavy atom. The van der Waals surface area contributed by atoms with Crippen molar-refractivity contribution in [1.82, 2.24) is 15.1 Å². The Hall–Kier alpha value is -0.940. The average Bonchev–Trinajstić information content (AvgIpc) is 3.33. The van der Waals surface area contributed by atoms with E-state index >= 15 is 0 Å². The minimum absolute atomic E-state index is 0.201. The predicted octanol–water partition coefficient (Wildman–Crippen LogP) is 1.09. The molecule has 1 heterocycles. The first kappa shape index (κ1) is 15.0. The minimum atomic E-state index is 0.201. The van der Waals surface area contributed by atoms with E-state index in [0.29, 0.717) is 12.1 Å². The van der Waals surface area contributed by atoms with Crippen LogP contribution in [0, 0.1) is 0 Å². The van der Waals surface area contributed by atoms with Crippen molar-refractivity contribution in [3.63, 3.8) is 0 Å². The summed E-state index contributed by atoms with van der Waals surface area (Å²) in [7, 11) is 2.19. The van der Waals surface area contributed by atoms with Gasteiger partial charge in [0.1, 0.15) is 0 Å². The molecule has 0 bridgehead atoms. The van der Waals surface area contributed by atoms with Crippen LogP contribution < -0.4 is 5.32 Å². The molecule has 0 spiro atoms. The van der Waals surface area contributed by atoms with E-state index in [-0.39, 0.29) is 12.6 Å². The molecule has 116 valence electrons. The van der Waals surface area contributed by atoms with Gasteiger partial charge in [-0.2, -0.15) is 0 Å². The molecular weight excluding hydrogens is 262 g/mol.